The minimum atomic E-state index is -4.22. The summed E-state index contributed by atoms with van der Waals surface area (Å²) in [6.45, 7) is 3.59. The number of carbonyl (C=O) groups excluding carboxylic acids is 2. The van der Waals surface area contributed by atoms with Gasteiger partial charge in [-0.2, -0.15) is 0 Å². The van der Waals surface area contributed by atoms with Gasteiger partial charge in [0.2, 0.25) is 0 Å². The van der Waals surface area contributed by atoms with E-state index in [1.54, 1.807) is 0 Å². The van der Waals surface area contributed by atoms with Gasteiger partial charge in [-0.15, -0.1) is 0 Å². The molecule has 0 heterocycles. The van der Waals surface area contributed by atoms with Gasteiger partial charge in [0.25, 0.3) is 0 Å². The molecule has 3 rings (SSSR count). The van der Waals surface area contributed by atoms with Crippen LogP contribution in [0.2, 0.25) is 0 Å². The summed E-state index contributed by atoms with van der Waals surface area (Å²) in [6, 6.07) is 29.1. The van der Waals surface area contributed by atoms with Crippen LogP contribution in [0.15, 0.2) is 91.0 Å². The summed E-state index contributed by atoms with van der Waals surface area (Å²) in [4.78, 5) is 25.5. The van der Waals surface area contributed by atoms with E-state index in [1.165, 1.54) is 0 Å². The molecule has 0 spiro atoms. The number of hydrogen-bond acceptors (Lipinski definition) is 4. The van der Waals surface area contributed by atoms with Gasteiger partial charge >= 0.3 is 188 Å². The Balaban J connectivity index is 2.18. The summed E-state index contributed by atoms with van der Waals surface area (Å²) in [5, 5.41) is 2.74. The number of nitrogens with one attached hydrogen (secondary N) is 1. The quantitative estimate of drug-likeness (QED) is 0.437. The van der Waals surface area contributed by atoms with Crippen LogP contribution in [0.3, 0.4) is 0 Å². The molecular formula is C25H28N2O3Sn. The molecule has 3 N–H and O–H groups in total. The molecule has 0 bridgehead atoms. The van der Waals surface area contributed by atoms with Crippen molar-refractivity contribution in [2.24, 2.45) is 11.7 Å². The summed E-state index contributed by atoms with van der Waals surface area (Å²) in [5.41, 5.74) is 5.47. The minimum absolute atomic E-state index is 0.144. The Kier molecular flexibility index (Phi) is 7.87. The van der Waals surface area contributed by atoms with Crippen molar-refractivity contribution in [1.29, 1.82) is 0 Å². The first kappa shape index (κ1) is 23.0. The molecular weight excluding hydrogens is 495 g/mol. The average molecular weight is 523 g/mol. The number of rotatable bonds is 8. The molecule has 31 heavy (non-hydrogen) atoms. The fourth-order valence-corrected chi connectivity index (χ4v) is 14.4. The third-order valence-electron chi connectivity index (χ3n) is 5.22. The van der Waals surface area contributed by atoms with E-state index in [2.05, 4.69) is 5.32 Å². The van der Waals surface area contributed by atoms with Crippen LogP contribution < -0.4 is 21.8 Å². The van der Waals surface area contributed by atoms with Crippen LogP contribution in [-0.2, 0) is 12.7 Å². The van der Waals surface area contributed by atoms with Crippen LogP contribution in [-0.4, -0.2) is 43.3 Å². The molecule has 0 aliphatic rings. The summed E-state index contributed by atoms with van der Waals surface area (Å²) in [6.07, 6.45) is 0. The second-order valence-corrected chi connectivity index (χ2v) is 17.1. The molecule has 1 atom stereocenters. The van der Waals surface area contributed by atoms with Gasteiger partial charge in [-0.05, 0) is 0 Å². The summed E-state index contributed by atoms with van der Waals surface area (Å²) >= 11 is -4.22. The molecule has 0 aliphatic carbocycles. The van der Waals surface area contributed by atoms with Crippen LogP contribution in [0.25, 0.3) is 0 Å². The van der Waals surface area contributed by atoms with E-state index < -0.39 is 30.8 Å². The Morgan fingerprint density at radius 3 is 1.52 bits per heavy atom. The molecule has 160 valence electrons. The predicted octanol–water partition coefficient (Wildman–Crippen LogP) is 1.30. The van der Waals surface area contributed by atoms with Gasteiger partial charge in [0, 0.05) is 0 Å². The summed E-state index contributed by atoms with van der Waals surface area (Å²) < 4.78 is 9.65. The summed E-state index contributed by atoms with van der Waals surface area (Å²) in [5.74, 6) is -0.950. The van der Waals surface area contributed by atoms with Gasteiger partial charge in [-0.1, -0.05) is 0 Å². The Bertz CT molecular complexity index is 898. The average Bonchev–Trinajstić information content (AvgIpc) is 2.82. The number of carbonyl (C=O) groups is 2. The number of nitrogens with two attached hydrogens (primary N) is 1. The number of benzene rings is 3. The van der Waals surface area contributed by atoms with Gasteiger partial charge in [0.05, 0.1) is 0 Å². The van der Waals surface area contributed by atoms with E-state index >= 15 is 0 Å². The van der Waals surface area contributed by atoms with E-state index in [9.17, 15) is 9.59 Å². The Hall–Kier alpha value is -2.64. The molecule has 5 nitrogen and oxygen atoms in total. The molecule has 0 radical (unpaired) electrons. The zero-order valence-electron chi connectivity index (χ0n) is 17.8. The molecule has 3 aromatic rings. The second kappa shape index (κ2) is 10.6. The van der Waals surface area contributed by atoms with Crippen LogP contribution in [0.4, 0.5) is 0 Å². The van der Waals surface area contributed by atoms with Crippen molar-refractivity contribution in [1.82, 2.24) is 5.32 Å². The van der Waals surface area contributed by atoms with Gasteiger partial charge in [0.1, 0.15) is 0 Å². The Morgan fingerprint density at radius 2 is 1.19 bits per heavy atom. The van der Waals surface area contributed by atoms with Crippen LogP contribution in [0.5, 0.6) is 0 Å². The van der Waals surface area contributed by atoms with Crippen molar-refractivity contribution in [3.05, 3.63) is 91.0 Å². The molecule has 0 aliphatic heterocycles. The zero-order valence-corrected chi connectivity index (χ0v) is 20.7. The van der Waals surface area contributed by atoms with Crippen molar-refractivity contribution in [3.63, 3.8) is 0 Å². The SMILES string of the molecule is CC(C)[C@@H](NC(=O)CN)C(=O)[O][Sn]([c]1ccccc1)([c]1ccccc1)[c]1ccccc1. The Morgan fingerprint density at radius 1 is 0.806 bits per heavy atom. The Labute approximate surface area is 188 Å². The third kappa shape index (κ3) is 5.17. The van der Waals surface area contributed by atoms with Crippen LogP contribution in [0.1, 0.15) is 13.8 Å². The normalized spacial score (nSPS) is 12.3. The van der Waals surface area contributed by atoms with Crippen LogP contribution in [0, 0.1) is 5.92 Å². The topological polar surface area (TPSA) is 81.4 Å². The fraction of sp³-hybridized carbons (Fsp3) is 0.200. The molecule has 1 amide bonds. The van der Waals surface area contributed by atoms with Gasteiger partial charge in [-0.25, -0.2) is 0 Å². The third-order valence-corrected chi connectivity index (χ3v) is 16.5. The molecule has 0 unspecified atom stereocenters. The summed E-state index contributed by atoms with van der Waals surface area (Å²) in [7, 11) is 0. The van der Waals surface area contributed by atoms with Crippen molar-refractivity contribution in [3.8, 4) is 0 Å². The van der Waals surface area contributed by atoms with Crippen LogP contribution >= 0.6 is 0 Å². The number of amides is 1. The van der Waals surface area contributed by atoms with Crippen molar-refractivity contribution in [2.75, 3.05) is 6.54 Å². The molecule has 0 fully saturated rings. The first-order valence-electron chi connectivity index (χ1n) is 10.4. The van der Waals surface area contributed by atoms with Gasteiger partial charge < -0.3 is 0 Å². The standard InChI is InChI=1S/C7H14N2O3.3C6H5.Sn/c1-4(2)6(7(11)12)9-5(10)3-8;3*1-2-4-6-5-3-1;/h4,6H,3,8H2,1-2H3,(H,9,10)(H,11,12);3*1-5H;/q;;;;+1/p-1/t6-;;;;/m1..../s1. The second-order valence-electron chi connectivity index (χ2n) is 7.69. The number of hydrogen-bond donors (Lipinski definition) is 2. The molecule has 0 saturated heterocycles. The van der Waals surface area contributed by atoms with E-state index in [4.69, 9.17) is 8.81 Å². The van der Waals surface area contributed by atoms with Crippen molar-refractivity contribution >= 4 is 41.4 Å². The van der Waals surface area contributed by atoms with E-state index in [-0.39, 0.29) is 18.4 Å². The van der Waals surface area contributed by atoms with Gasteiger partial charge in [-0.3, -0.25) is 0 Å². The first-order valence-corrected chi connectivity index (χ1v) is 15.8. The van der Waals surface area contributed by atoms with E-state index in [0.717, 1.165) is 10.7 Å². The van der Waals surface area contributed by atoms with Gasteiger partial charge in [0.15, 0.2) is 0 Å². The fourth-order valence-electron chi connectivity index (χ4n) is 3.64. The monoisotopic (exact) mass is 524 g/mol. The maximum atomic E-state index is 13.5. The maximum absolute atomic E-state index is 13.5. The van der Waals surface area contributed by atoms with Crippen molar-refractivity contribution < 1.29 is 12.7 Å². The molecule has 6 heteroatoms. The zero-order chi connectivity index (χ0) is 22.3. The molecule has 0 aromatic heterocycles. The van der Waals surface area contributed by atoms with E-state index in [1.807, 2.05) is 105 Å². The first-order chi connectivity index (χ1) is 15.0. The molecule has 3 aromatic carbocycles. The van der Waals surface area contributed by atoms with E-state index in [0.29, 0.717) is 0 Å². The molecule has 0 saturated carbocycles. The van der Waals surface area contributed by atoms with Crippen molar-refractivity contribution in [2.45, 2.75) is 19.9 Å². The predicted molar refractivity (Wildman–Crippen MR) is 126 cm³/mol.